The van der Waals surface area contributed by atoms with Gasteiger partial charge in [-0.05, 0) is 53.6 Å². The number of hydrogen-bond donors (Lipinski definition) is 1. The van der Waals surface area contributed by atoms with E-state index in [1.807, 2.05) is 0 Å². The number of carbonyl (C=O) groups excluding carboxylic acids is 2. The monoisotopic (exact) mass is 605 g/mol. The number of ketones is 1. The predicted molar refractivity (Wildman–Crippen MR) is 135 cm³/mol. The van der Waals surface area contributed by atoms with Gasteiger partial charge >= 0.3 is 0 Å². The fourth-order valence-electron chi connectivity index (χ4n) is 3.79. The number of anilines is 1. The molecule has 176 valence electrons. The number of Topliss-reactive ketones (excluding diaryl/α,β-unsaturated/α-hetero) is 1. The summed E-state index contributed by atoms with van der Waals surface area (Å²) in [5.41, 5.74) is 1.14. The van der Waals surface area contributed by atoms with Crippen LogP contribution in [0.3, 0.4) is 0 Å². The van der Waals surface area contributed by atoms with Crippen LogP contribution in [-0.4, -0.2) is 15.5 Å². The van der Waals surface area contributed by atoms with E-state index in [2.05, 4.69) is 21.2 Å². The van der Waals surface area contributed by atoms with Crippen molar-refractivity contribution in [2.75, 3.05) is 5.32 Å². The van der Waals surface area contributed by atoms with E-state index in [9.17, 15) is 18.4 Å². The molecule has 1 fully saturated rings. The molecule has 0 spiro atoms. The van der Waals surface area contributed by atoms with E-state index in [0.29, 0.717) is 27.4 Å². The first kappa shape index (κ1) is 25.4. The van der Waals surface area contributed by atoms with Crippen molar-refractivity contribution in [2.45, 2.75) is 16.1 Å². The highest BCUT2D eigenvalue weighted by molar-refractivity contribution is 9.10. The quantitative estimate of drug-likeness (QED) is 0.228. The Bertz CT molecular complexity index is 1300. The van der Waals surface area contributed by atoms with Crippen molar-refractivity contribution in [2.24, 2.45) is 5.92 Å². The van der Waals surface area contributed by atoms with Gasteiger partial charge in [0.25, 0.3) is 0 Å². The standard InChI is InChI=1S/C24H14BrCl4F2NO2/c25-24(29)21(12-5-13(26)8-14(27)6-12)22(24)23(34)32-16-3-4-18(28)17(10-16)20(33)7-11-1-2-15(30)9-19(11)31/h1-6,8-10,21-22H,7H2,(H,32,34). The minimum atomic E-state index is -1.03. The van der Waals surface area contributed by atoms with Gasteiger partial charge in [0.2, 0.25) is 5.91 Å². The third-order valence-electron chi connectivity index (χ3n) is 5.48. The first-order valence-electron chi connectivity index (χ1n) is 9.88. The van der Waals surface area contributed by atoms with E-state index in [-0.39, 0.29) is 28.5 Å². The Morgan fingerprint density at radius 3 is 2.29 bits per heavy atom. The van der Waals surface area contributed by atoms with E-state index >= 15 is 0 Å². The highest BCUT2D eigenvalue weighted by Crippen LogP contribution is 2.66. The van der Waals surface area contributed by atoms with Crippen molar-refractivity contribution >= 4 is 79.7 Å². The van der Waals surface area contributed by atoms with Crippen LogP contribution in [0.4, 0.5) is 14.5 Å². The van der Waals surface area contributed by atoms with E-state index in [0.717, 1.165) is 6.07 Å². The first-order chi connectivity index (χ1) is 16.0. The van der Waals surface area contributed by atoms with Gasteiger partial charge in [-0.1, -0.05) is 56.8 Å². The van der Waals surface area contributed by atoms with Crippen molar-refractivity contribution in [1.82, 2.24) is 0 Å². The Hall–Kier alpha value is -1.70. The van der Waals surface area contributed by atoms with Gasteiger partial charge < -0.3 is 5.32 Å². The fourth-order valence-corrected chi connectivity index (χ4v) is 5.84. The van der Waals surface area contributed by atoms with Crippen LogP contribution in [-0.2, 0) is 11.2 Å². The molecule has 3 unspecified atom stereocenters. The zero-order chi connectivity index (χ0) is 24.8. The minimum absolute atomic E-state index is 0.0316. The zero-order valence-electron chi connectivity index (χ0n) is 17.0. The molecular formula is C24H14BrCl4F2NO2. The molecule has 0 radical (unpaired) electrons. The lowest BCUT2D eigenvalue weighted by molar-refractivity contribution is -0.117. The number of benzene rings is 3. The van der Waals surface area contributed by atoms with Gasteiger partial charge in [-0.2, -0.15) is 0 Å². The Labute approximate surface area is 222 Å². The number of amides is 1. The van der Waals surface area contributed by atoms with E-state index in [1.54, 1.807) is 18.2 Å². The van der Waals surface area contributed by atoms with Gasteiger partial charge in [0.1, 0.15) is 15.4 Å². The Morgan fingerprint density at radius 2 is 1.65 bits per heavy atom. The van der Waals surface area contributed by atoms with Crippen LogP contribution in [0.25, 0.3) is 0 Å². The maximum absolute atomic E-state index is 14.0. The minimum Gasteiger partial charge on any atom is -0.326 e. The summed E-state index contributed by atoms with van der Waals surface area (Å²) in [4.78, 5) is 25.7. The molecule has 1 amide bonds. The summed E-state index contributed by atoms with van der Waals surface area (Å²) in [6.07, 6.45) is -0.324. The summed E-state index contributed by atoms with van der Waals surface area (Å²) in [7, 11) is 0. The number of hydrogen-bond acceptors (Lipinski definition) is 2. The van der Waals surface area contributed by atoms with Crippen LogP contribution in [0.15, 0.2) is 54.6 Å². The average molecular weight is 608 g/mol. The first-order valence-corrected chi connectivity index (χ1v) is 12.2. The molecule has 0 aliphatic heterocycles. The molecule has 3 nitrogen and oxygen atoms in total. The molecule has 10 heteroatoms. The second-order valence-corrected chi connectivity index (χ2v) is 11.5. The summed E-state index contributed by atoms with van der Waals surface area (Å²) in [5.74, 6) is -3.48. The molecule has 1 saturated carbocycles. The van der Waals surface area contributed by atoms with Crippen LogP contribution in [0, 0.1) is 17.6 Å². The molecule has 4 rings (SSSR count). The Morgan fingerprint density at radius 1 is 0.971 bits per heavy atom. The van der Waals surface area contributed by atoms with Gasteiger partial charge in [0.15, 0.2) is 5.78 Å². The summed E-state index contributed by atoms with van der Waals surface area (Å²) in [6.45, 7) is 0. The highest BCUT2D eigenvalue weighted by Gasteiger charge is 2.67. The highest BCUT2D eigenvalue weighted by atomic mass is 79.9. The third-order valence-corrected chi connectivity index (χ3v) is 7.70. The molecular weight excluding hydrogens is 594 g/mol. The second-order valence-electron chi connectivity index (χ2n) is 7.85. The van der Waals surface area contributed by atoms with Gasteiger partial charge in [-0.25, -0.2) is 8.78 Å². The van der Waals surface area contributed by atoms with Crippen molar-refractivity contribution in [3.05, 3.63) is 98.0 Å². The van der Waals surface area contributed by atoms with Crippen molar-refractivity contribution in [3.63, 3.8) is 0 Å². The van der Waals surface area contributed by atoms with Crippen LogP contribution in [0.1, 0.15) is 27.4 Å². The summed E-state index contributed by atoms with van der Waals surface area (Å²) < 4.78 is 26.1. The number of alkyl halides is 2. The smallest absolute Gasteiger partial charge is 0.230 e. The molecule has 3 aromatic rings. The normalized spacial score (nSPS) is 21.3. The largest absolute Gasteiger partial charge is 0.326 e. The van der Waals surface area contributed by atoms with Crippen LogP contribution in [0.2, 0.25) is 15.1 Å². The number of carbonyl (C=O) groups is 2. The molecule has 1 N–H and O–H groups in total. The molecule has 1 aliphatic rings. The van der Waals surface area contributed by atoms with Gasteiger partial charge in [-0.15, -0.1) is 11.6 Å². The predicted octanol–water partition coefficient (Wildman–Crippen LogP) is 8.03. The van der Waals surface area contributed by atoms with Gasteiger partial charge in [0.05, 0.1) is 10.9 Å². The van der Waals surface area contributed by atoms with Crippen LogP contribution < -0.4 is 5.32 Å². The Balaban J connectivity index is 1.52. The molecule has 3 atom stereocenters. The van der Waals surface area contributed by atoms with Crippen molar-refractivity contribution < 1.29 is 18.4 Å². The summed E-state index contributed by atoms with van der Waals surface area (Å²) in [5, 5.41) is 3.72. The van der Waals surface area contributed by atoms with Crippen LogP contribution in [0.5, 0.6) is 0 Å². The molecule has 0 bridgehead atoms. The van der Waals surface area contributed by atoms with Crippen LogP contribution >= 0.6 is 62.3 Å². The lowest BCUT2D eigenvalue weighted by Crippen LogP contribution is -2.17. The number of nitrogens with one attached hydrogen (secondary N) is 1. The zero-order valence-corrected chi connectivity index (χ0v) is 21.6. The van der Waals surface area contributed by atoms with Gasteiger partial charge in [0, 0.05) is 39.7 Å². The van der Waals surface area contributed by atoms with E-state index < -0.39 is 33.0 Å². The lowest BCUT2D eigenvalue weighted by Gasteiger charge is -2.10. The molecule has 0 saturated heterocycles. The molecule has 3 aromatic carbocycles. The molecule has 0 aromatic heterocycles. The maximum Gasteiger partial charge on any atom is 0.230 e. The number of halogens is 7. The topological polar surface area (TPSA) is 46.2 Å². The van der Waals surface area contributed by atoms with Crippen molar-refractivity contribution in [1.29, 1.82) is 0 Å². The molecule has 0 heterocycles. The van der Waals surface area contributed by atoms with Gasteiger partial charge in [-0.3, -0.25) is 9.59 Å². The number of rotatable bonds is 6. The SMILES string of the molecule is O=C(Cc1ccc(F)cc1F)c1cc(NC(=O)C2C(c3cc(Cl)cc(Cl)c3)C2(Cl)Br)ccc1Cl. The lowest BCUT2D eigenvalue weighted by atomic mass is 10.0. The van der Waals surface area contributed by atoms with E-state index in [4.69, 9.17) is 46.4 Å². The second kappa shape index (κ2) is 9.75. The fraction of sp³-hybridized carbons (Fsp3) is 0.167. The van der Waals surface area contributed by atoms with Crippen molar-refractivity contribution in [3.8, 4) is 0 Å². The average Bonchev–Trinajstić information content (AvgIpc) is 3.33. The van der Waals surface area contributed by atoms with E-state index in [1.165, 1.54) is 24.3 Å². The Kier molecular flexibility index (Phi) is 7.28. The summed E-state index contributed by atoms with van der Waals surface area (Å²) >= 11 is 28.3. The maximum atomic E-state index is 14.0. The third kappa shape index (κ3) is 5.26. The molecule has 34 heavy (non-hydrogen) atoms. The molecule has 1 aliphatic carbocycles. The summed E-state index contributed by atoms with van der Waals surface area (Å²) in [6, 6.07) is 12.3.